The van der Waals surface area contributed by atoms with E-state index in [0.717, 1.165) is 36.4 Å². The molecule has 8 nitrogen and oxygen atoms in total. The number of anilines is 3. The van der Waals surface area contributed by atoms with Gasteiger partial charge in [0.1, 0.15) is 5.82 Å². The summed E-state index contributed by atoms with van der Waals surface area (Å²) in [5.74, 6) is -0.780. The fourth-order valence-electron chi connectivity index (χ4n) is 3.76. The van der Waals surface area contributed by atoms with E-state index in [1.54, 1.807) is 6.20 Å². The van der Waals surface area contributed by atoms with Crippen molar-refractivity contribution in [3.05, 3.63) is 41.8 Å². The summed E-state index contributed by atoms with van der Waals surface area (Å²) in [7, 11) is 0. The molecule has 0 unspecified atom stereocenters. The molecule has 4 rings (SSSR count). The minimum atomic E-state index is -0.766. The lowest BCUT2D eigenvalue weighted by Gasteiger charge is -2.23. The van der Waals surface area contributed by atoms with Crippen LogP contribution in [-0.4, -0.2) is 32.8 Å². The molecule has 1 fully saturated rings. The van der Waals surface area contributed by atoms with Gasteiger partial charge in [-0.15, -0.1) is 0 Å². The first-order chi connectivity index (χ1) is 14.4. The van der Waals surface area contributed by atoms with E-state index in [9.17, 15) is 9.18 Å². The smallest absolute Gasteiger partial charge is 0.252 e. The number of nitrogens with zero attached hydrogens (tertiary/aromatic N) is 3. The van der Waals surface area contributed by atoms with Crippen LogP contribution in [0.1, 0.15) is 37.0 Å². The maximum Gasteiger partial charge on any atom is 0.252 e. The van der Waals surface area contributed by atoms with Crippen molar-refractivity contribution in [1.82, 2.24) is 14.8 Å². The molecule has 0 spiro atoms. The molecule has 0 radical (unpaired) electrons. The van der Waals surface area contributed by atoms with Gasteiger partial charge >= 0.3 is 0 Å². The Morgan fingerprint density at radius 3 is 2.77 bits per heavy atom. The van der Waals surface area contributed by atoms with Crippen LogP contribution >= 0.6 is 0 Å². The molecule has 1 aliphatic rings. The Morgan fingerprint density at radius 2 is 2.13 bits per heavy atom. The van der Waals surface area contributed by atoms with Crippen LogP contribution in [-0.2, 0) is 6.54 Å². The highest BCUT2D eigenvalue weighted by atomic mass is 19.1. The Bertz CT molecular complexity index is 1090. The Labute approximate surface area is 173 Å². The number of primary amides is 1. The number of halogens is 1. The van der Waals surface area contributed by atoms with E-state index in [4.69, 9.17) is 11.5 Å². The number of aromatic nitrogens is 3. The normalized spacial score (nSPS) is 15.7. The van der Waals surface area contributed by atoms with Crippen molar-refractivity contribution in [3.63, 3.8) is 0 Å². The molecule has 0 bridgehead atoms. The third kappa shape index (κ3) is 3.80. The second-order valence-corrected chi connectivity index (χ2v) is 7.77. The fourth-order valence-corrected chi connectivity index (χ4v) is 3.76. The molecule has 30 heavy (non-hydrogen) atoms. The van der Waals surface area contributed by atoms with Crippen molar-refractivity contribution in [2.45, 2.75) is 45.3 Å². The summed E-state index contributed by atoms with van der Waals surface area (Å²) in [6, 6.07) is 6.54. The molecule has 158 valence electrons. The zero-order chi connectivity index (χ0) is 21.4. The van der Waals surface area contributed by atoms with Gasteiger partial charge in [-0.2, -0.15) is 5.10 Å². The van der Waals surface area contributed by atoms with Gasteiger partial charge in [0.25, 0.3) is 5.91 Å². The van der Waals surface area contributed by atoms with E-state index in [1.807, 2.05) is 36.7 Å². The van der Waals surface area contributed by atoms with Gasteiger partial charge in [-0.1, -0.05) is 6.07 Å². The molecule has 1 saturated carbocycles. The summed E-state index contributed by atoms with van der Waals surface area (Å²) in [5, 5.41) is 11.5. The number of nitrogens with two attached hydrogens (primary N) is 2. The van der Waals surface area contributed by atoms with Crippen LogP contribution < -0.4 is 22.1 Å². The van der Waals surface area contributed by atoms with Crippen LogP contribution in [0.3, 0.4) is 0 Å². The van der Waals surface area contributed by atoms with Crippen LogP contribution in [0.25, 0.3) is 10.9 Å². The number of fused-ring (bicyclic) bond motifs is 1. The Kier molecular flexibility index (Phi) is 5.29. The van der Waals surface area contributed by atoms with Crippen molar-refractivity contribution in [2.24, 2.45) is 17.4 Å². The molecule has 0 aliphatic heterocycles. The highest BCUT2D eigenvalue weighted by Crippen LogP contribution is 2.36. The third-order valence-corrected chi connectivity index (χ3v) is 5.48. The number of pyridine rings is 1. The highest BCUT2D eigenvalue weighted by molar-refractivity contribution is 6.00. The van der Waals surface area contributed by atoms with Gasteiger partial charge in [-0.3, -0.25) is 9.48 Å². The van der Waals surface area contributed by atoms with E-state index < -0.39 is 11.7 Å². The molecule has 9 heteroatoms. The molecule has 1 amide bonds. The second kappa shape index (κ2) is 7.91. The summed E-state index contributed by atoms with van der Waals surface area (Å²) in [6.07, 6.45) is 3.84. The monoisotopic (exact) mass is 411 g/mol. The number of rotatable bonds is 8. The van der Waals surface area contributed by atoms with E-state index in [0.29, 0.717) is 11.6 Å². The molecule has 0 saturated heterocycles. The number of carbonyl (C=O) groups is 1. The molecule has 3 aromatic rings. The van der Waals surface area contributed by atoms with E-state index in [2.05, 4.69) is 20.7 Å². The standard InChI is InChI=1S/C21H26FN7O/c1-3-29-17-6-4-5-16(14(17)10-25-29)26-20-13(19(24)30)9-15(22)21(28-20)27-18(11(2)23)12-7-8-12/h4-6,9-12,18H,3,7-8,23H2,1-2H3,(H2,24,30)(H2,26,27,28)/t11-,18-/m0/s1. The van der Waals surface area contributed by atoms with Crippen molar-refractivity contribution < 1.29 is 9.18 Å². The second-order valence-electron chi connectivity index (χ2n) is 7.77. The van der Waals surface area contributed by atoms with Gasteiger partial charge in [0.05, 0.1) is 23.0 Å². The van der Waals surface area contributed by atoms with Gasteiger partial charge in [-0.25, -0.2) is 9.37 Å². The summed E-state index contributed by atoms with van der Waals surface area (Å²) >= 11 is 0. The maximum atomic E-state index is 14.7. The van der Waals surface area contributed by atoms with Crippen LogP contribution in [0.2, 0.25) is 0 Å². The first-order valence-electron chi connectivity index (χ1n) is 10.1. The summed E-state index contributed by atoms with van der Waals surface area (Å²) < 4.78 is 16.6. The van der Waals surface area contributed by atoms with Crippen LogP contribution in [0.4, 0.5) is 21.7 Å². The molecule has 2 heterocycles. The molecular weight excluding hydrogens is 385 g/mol. The van der Waals surface area contributed by atoms with Crippen LogP contribution in [0.5, 0.6) is 0 Å². The van der Waals surface area contributed by atoms with Crippen LogP contribution in [0, 0.1) is 11.7 Å². The number of nitrogens with one attached hydrogen (secondary N) is 2. The first-order valence-corrected chi connectivity index (χ1v) is 10.1. The molecule has 2 atom stereocenters. The number of amides is 1. The summed E-state index contributed by atoms with van der Waals surface area (Å²) in [5.41, 5.74) is 13.2. The highest BCUT2D eigenvalue weighted by Gasteiger charge is 2.34. The molecule has 1 aromatic carbocycles. The van der Waals surface area contributed by atoms with Gasteiger partial charge in [0.15, 0.2) is 11.6 Å². The Balaban J connectivity index is 1.73. The number of carbonyl (C=O) groups excluding carboxylic acids is 1. The van der Waals surface area contributed by atoms with Gasteiger partial charge in [0.2, 0.25) is 0 Å². The zero-order valence-electron chi connectivity index (χ0n) is 17.0. The van der Waals surface area contributed by atoms with Crippen molar-refractivity contribution in [3.8, 4) is 0 Å². The van der Waals surface area contributed by atoms with E-state index in [-0.39, 0.29) is 29.3 Å². The molecule has 1 aliphatic carbocycles. The average molecular weight is 411 g/mol. The predicted molar refractivity (Wildman–Crippen MR) is 115 cm³/mol. The minimum Gasteiger partial charge on any atom is -0.365 e. The average Bonchev–Trinajstić information content (AvgIpc) is 3.45. The lowest BCUT2D eigenvalue weighted by atomic mass is 10.1. The number of benzene rings is 1. The third-order valence-electron chi connectivity index (χ3n) is 5.48. The largest absolute Gasteiger partial charge is 0.365 e. The zero-order valence-corrected chi connectivity index (χ0v) is 17.0. The predicted octanol–water partition coefficient (Wildman–Crippen LogP) is 2.97. The number of aryl methyl sites for hydroxylation is 1. The van der Waals surface area contributed by atoms with Gasteiger partial charge < -0.3 is 22.1 Å². The maximum absolute atomic E-state index is 14.7. The molecule has 2 aromatic heterocycles. The first kappa shape index (κ1) is 20.1. The number of hydrogen-bond acceptors (Lipinski definition) is 6. The van der Waals surface area contributed by atoms with Crippen molar-refractivity contribution >= 4 is 34.1 Å². The van der Waals surface area contributed by atoms with Crippen LogP contribution in [0.15, 0.2) is 30.5 Å². The minimum absolute atomic E-state index is 0.0262. The topological polar surface area (TPSA) is 124 Å². The lowest BCUT2D eigenvalue weighted by Crippen LogP contribution is -2.40. The van der Waals surface area contributed by atoms with Gasteiger partial charge in [-0.05, 0) is 50.8 Å². The lowest BCUT2D eigenvalue weighted by molar-refractivity contribution is 0.100. The quantitative estimate of drug-likeness (QED) is 0.452. The molecular formula is C21H26FN7O. The van der Waals surface area contributed by atoms with Gasteiger partial charge in [0, 0.05) is 24.0 Å². The van der Waals surface area contributed by atoms with Crippen molar-refractivity contribution in [1.29, 1.82) is 0 Å². The summed E-state index contributed by atoms with van der Waals surface area (Å²) in [4.78, 5) is 16.3. The molecule has 6 N–H and O–H groups in total. The fraction of sp³-hybridized carbons (Fsp3) is 0.381. The summed E-state index contributed by atoms with van der Waals surface area (Å²) in [6.45, 7) is 4.62. The van der Waals surface area contributed by atoms with E-state index in [1.165, 1.54) is 0 Å². The Hall–Kier alpha value is -3.20. The SMILES string of the molecule is CCn1ncc2c(Nc3nc(N[C@H](C4CC4)[C@H](C)N)c(F)cc3C(N)=O)cccc21. The Morgan fingerprint density at radius 1 is 1.37 bits per heavy atom. The van der Waals surface area contributed by atoms with E-state index >= 15 is 0 Å². The van der Waals surface area contributed by atoms with Crippen molar-refractivity contribution in [2.75, 3.05) is 10.6 Å². The number of hydrogen-bond donors (Lipinski definition) is 4.